The van der Waals surface area contributed by atoms with Crippen molar-refractivity contribution in [2.45, 2.75) is 321 Å². The number of β-amino-alcohol motifs (C(OH)–C–C–N with tert-alkyl or cyclic N) is 2. The smallest absolute Gasteiger partial charge is 0.248 e. The normalized spacial score (nSPS) is 19.3. The fourth-order valence-corrected chi connectivity index (χ4v) is 15.8. The minimum atomic E-state index is -1.97. The Hall–Kier alpha value is -11.7. The van der Waals surface area contributed by atoms with Crippen LogP contribution in [0.5, 0.6) is 0 Å². The molecule has 6 rings (SSSR count). The van der Waals surface area contributed by atoms with Crippen molar-refractivity contribution in [3.8, 4) is 0 Å². The van der Waals surface area contributed by atoms with Gasteiger partial charge in [0.25, 0.3) is 0 Å². The Morgan fingerprint density at radius 2 is 0.985 bits per heavy atom. The second-order valence-electron chi connectivity index (χ2n) is 37.5. The van der Waals surface area contributed by atoms with Gasteiger partial charge >= 0.3 is 0 Å². The summed E-state index contributed by atoms with van der Waals surface area (Å²) in [6, 6.07) is 1.47. The van der Waals surface area contributed by atoms with Gasteiger partial charge in [0, 0.05) is 75.8 Å². The van der Waals surface area contributed by atoms with Crippen LogP contribution in [0.1, 0.15) is 206 Å². The van der Waals surface area contributed by atoms with E-state index in [0.717, 1.165) is 33.2 Å². The molecule has 0 radical (unpaired) electrons. The van der Waals surface area contributed by atoms with Gasteiger partial charge in [-0.3, -0.25) is 86.3 Å². The molecule has 16 atom stereocenters. The van der Waals surface area contributed by atoms with Crippen LogP contribution in [-0.2, 0) is 99.1 Å². The number of rotatable bonds is 46. The van der Waals surface area contributed by atoms with E-state index in [2.05, 4.69) is 74.1 Å². The van der Waals surface area contributed by atoms with Crippen molar-refractivity contribution in [1.82, 2.24) is 88.8 Å². The third kappa shape index (κ3) is 29.1. The zero-order chi connectivity index (χ0) is 97.7. The maximum Gasteiger partial charge on any atom is 0.248 e. The largest absolute Gasteiger partial charge is 0.394 e. The lowest BCUT2D eigenvalue weighted by atomic mass is 9.93. The molecule has 22 N–H and O–H groups in total. The second kappa shape index (κ2) is 46.2. The highest BCUT2D eigenvalue weighted by molar-refractivity contribution is 6.04. The van der Waals surface area contributed by atoms with Crippen LogP contribution >= 0.6 is 0 Å². The molecule has 0 aliphatic carbocycles. The SMILES string of the molecule is CCC(C)C(NC(=O)C(Cc1c[nH]c2ccccc12)NC(C)=O)C(=O)NC(CCC(N)=O)C(=O)NC(C)(CC)C(=O)NC(C(=O)N[C@H](C(=O)NC(C)(C)C(=O)NC(CC(C)C)C(=O)NC(C)(C)C(=O)N1CC(O)CC1C(=O)NC(CCC(N)=O)C(=O)NC(C)(C)C(=O)N1CC(O)CC1C(=O)NC(C)(C)C(=O)N1CCCC1C(=O)NC(CO)Cc1ccccc1)[C@@H](C)O)C(C)C. The number of nitrogens with zero attached hydrogens (tertiary/aromatic N) is 3. The van der Waals surface area contributed by atoms with Crippen LogP contribution in [0.2, 0.25) is 0 Å². The molecular formula is C89H137N19O22. The molecule has 0 saturated carbocycles. The first kappa shape index (κ1) is 107. The summed E-state index contributed by atoms with van der Waals surface area (Å²) >= 11 is 0. The van der Waals surface area contributed by atoms with Gasteiger partial charge in [-0.25, -0.2) is 0 Å². The fourth-order valence-electron chi connectivity index (χ4n) is 15.8. The van der Waals surface area contributed by atoms with Gasteiger partial charge < -0.3 is 121 Å². The highest BCUT2D eigenvalue weighted by atomic mass is 16.3. The number of likely N-dealkylation sites (tertiary alicyclic amines) is 3. The Morgan fingerprint density at radius 3 is 1.51 bits per heavy atom. The van der Waals surface area contributed by atoms with Gasteiger partial charge in [-0.15, -0.1) is 0 Å². The Bertz CT molecular complexity index is 4610. The number of aliphatic hydroxyl groups excluding tert-OH is 4. The van der Waals surface area contributed by atoms with E-state index < -0.39 is 269 Å². The summed E-state index contributed by atoms with van der Waals surface area (Å²) in [5.74, 6) is -17.4. The standard InChI is InChI=1S/C89H137N19O22/c1-19-48(7)68(98-70(116)61(93-50(9)111)39-52-42-92-57-30-25-24-29-56(52)57)78(124)96-59(33-35-66(91)115)72(118)105-89(18,20-2)81(127)100-67(47(5)6)77(123)99-69(49(8)110)79(125)104-85(10,11)80(126)97-60(37-46(3)4)73(119)102-88(16,17)83(129)107-43-54(112)40-63(107)75(121)95-58(32-34-65(90)114)71(117)101-87(14,15)84(130)108-44-55(113)41-64(108)76(122)103-86(12,13)82(128)106-36-26-31-62(106)74(120)94-53(45-109)38-51-27-22-21-23-28-51/h21-25,27-30,42,46-49,53-55,58-64,67-69,92,109-110,112-113H,19-20,26,31-41,43-45H2,1-18H3,(H2,90,114)(H2,91,115)(H,93,111)(H,94,120)(H,95,121)(H,96,124)(H,97,126)(H,98,116)(H,99,123)(H,100,127)(H,101,117)(H,102,119)(H,103,122)(H,104,125)(H,105,118)/t48?,49-,53?,54?,55?,58?,59?,60?,61?,62?,63?,64?,67?,68?,69+,89?/m1/s1. The summed E-state index contributed by atoms with van der Waals surface area (Å²) in [5, 5.41) is 78.1. The number of aromatic amines is 1. The van der Waals surface area contributed by atoms with E-state index in [1.54, 1.807) is 47.7 Å². The summed E-state index contributed by atoms with van der Waals surface area (Å²) in [7, 11) is 0. The molecule has 3 aliphatic heterocycles. The molecule has 2 aromatic carbocycles. The third-order valence-electron chi connectivity index (χ3n) is 23.8. The fraction of sp³-hybridized carbons (Fsp3) is 0.640. The lowest BCUT2D eigenvalue weighted by molar-refractivity contribution is -0.148. The van der Waals surface area contributed by atoms with Gasteiger partial charge in [0.2, 0.25) is 106 Å². The zero-order valence-electron chi connectivity index (χ0n) is 77.7. The number of aromatic nitrogens is 1. The zero-order valence-corrected chi connectivity index (χ0v) is 77.7. The highest BCUT2D eigenvalue weighted by Crippen LogP contribution is 2.29. The maximum absolute atomic E-state index is 14.8. The third-order valence-corrected chi connectivity index (χ3v) is 23.8. The quantitative estimate of drug-likeness (QED) is 0.0273. The van der Waals surface area contributed by atoms with Gasteiger partial charge in [-0.1, -0.05) is 103 Å². The minimum absolute atomic E-state index is 0.0319. The van der Waals surface area contributed by atoms with Crippen molar-refractivity contribution in [3.63, 3.8) is 0 Å². The van der Waals surface area contributed by atoms with Crippen molar-refractivity contribution in [2.75, 3.05) is 26.2 Å². The number of nitrogens with one attached hydrogen (secondary N) is 14. The Kier molecular flexibility index (Phi) is 38.0. The molecule has 3 saturated heterocycles. The number of amides is 18. The van der Waals surface area contributed by atoms with Crippen LogP contribution in [0.25, 0.3) is 10.9 Å². The molecule has 1 aromatic heterocycles. The monoisotopic (exact) mass is 1820 g/mol. The van der Waals surface area contributed by atoms with Crippen LogP contribution < -0.4 is 80.6 Å². The predicted molar refractivity (Wildman–Crippen MR) is 475 cm³/mol. The van der Waals surface area contributed by atoms with E-state index in [1.165, 1.54) is 81.1 Å². The predicted octanol–water partition coefficient (Wildman–Crippen LogP) is -2.72. The van der Waals surface area contributed by atoms with Crippen LogP contribution in [0, 0.1) is 17.8 Å². The molecule has 41 heteroatoms. The molecule has 3 aromatic rings. The van der Waals surface area contributed by atoms with Crippen LogP contribution in [-0.4, -0.2) is 285 Å². The van der Waals surface area contributed by atoms with E-state index in [4.69, 9.17) is 11.5 Å². The van der Waals surface area contributed by atoms with Crippen molar-refractivity contribution in [2.24, 2.45) is 29.2 Å². The number of aliphatic hydroxyl groups is 4. The van der Waals surface area contributed by atoms with Crippen molar-refractivity contribution in [1.29, 1.82) is 0 Å². The van der Waals surface area contributed by atoms with Crippen LogP contribution in [0.3, 0.4) is 0 Å². The number of para-hydroxylation sites is 1. The summed E-state index contributed by atoms with van der Waals surface area (Å²) < 4.78 is 0. The van der Waals surface area contributed by atoms with E-state index in [-0.39, 0.29) is 51.2 Å². The Morgan fingerprint density at radius 1 is 0.492 bits per heavy atom. The van der Waals surface area contributed by atoms with Gasteiger partial charge in [0.15, 0.2) is 0 Å². The second-order valence-corrected chi connectivity index (χ2v) is 37.5. The van der Waals surface area contributed by atoms with Gasteiger partial charge in [-0.05, 0) is 149 Å². The first-order valence-corrected chi connectivity index (χ1v) is 44.3. The van der Waals surface area contributed by atoms with Crippen LogP contribution in [0.4, 0.5) is 0 Å². The average molecular weight is 1830 g/mol. The average Bonchev–Trinajstić information content (AvgIpc) is 1.62. The lowest BCUT2D eigenvalue weighted by Gasteiger charge is -2.37. The Balaban J connectivity index is 1.08. The highest BCUT2D eigenvalue weighted by Gasteiger charge is 2.51. The molecule has 0 bridgehead atoms. The Labute approximate surface area is 757 Å². The van der Waals surface area contributed by atoms with Gasteiger partial charge in [0.1, 0.15) is 88.1 Å². The number of fused-ring (bicyclic) bond motifs is 1. The molecule has 3 aliphatic rings. The number of H-pyrrole nitrogens is 1. The number of nitrogens with two attached hydrogens (primary N) is 2. The molecule has 4 heterocycles. The summed E-state index contributed by atoms with van der Waals surface area (Å²) in [6.45, 7) is 24.6. The number of hydrogen-bond acceptors (Lipinski definition) is 22. The molecular weight excluding hydrogens is 1690 g/mol. The first-order valence-electron chi connectivity index (χ1n) is 44.3. The van der Waals surface area contributed by atoms with Gasteiger partial charge in [0.05, 0.1) is 31.0 Å². The lowest BCUT2D eigenvalue weighted by Crippen LogP contribution is -2.66. The number of hydrogen-bond donors (Lipinski definition) is 20. The van der Waals surface area contributed by atoms with E-state index >= 15 is 0 Å². The molecule has 3 fully saturated rings. The van der Waals surface area contributed by atoms with E-state index in [9.17, 15) is 107 Å². The summed E-state index contributed by atoms with van der Waals surface area (Å²) in [6.07, 6.45) is -3.84. The number of carbonyl (C=O) groups excluding carboxylic acids is 18. The van der Waals surface area contributed by atoms with Gasteiger partial charge in [-0.2, -0.15) is 0 Å². The molecule has 0 spiro atoms. The van der Waals surface area contributed by atoms with Crippen molar-refractivity contribution < 1.29 is 107 Å². The molecule has 18 amide bonds. The van der Waals surface area contributed by atoms with E-state index in [0.29, 0.717) is 31.2 Å². The topological polar surface area (TPSA) is 622 Å². The molecule has 14 unspecified atom stereocenters. The molecule has 41 nitrogen and oxygen atoms in total. The number of carbonyl (C=O) groups is 18. The minimum Gasteiger partial charge on any atom is -0.394 e. The summed E-state index contributed by atoms with van der Waals surface area (Å²) in [5.41, 5.74) is 3.96. The van der Waals surface area contributed by atoms with Crippen molar-refractivity contribution >= 4 is 117 Å². The first-order chi connectivity index (χ1) is 60.5. The van der Waals surface area contributed by atoms with Crippen LogP contribution in [0.15, 0.2) is 60.8 Å². The summed E-state index contributed by atoms with van der Waals surface area (Å²) in [4.78, 5) is 259. The maximum atomic E-state index is 14.8. The number of benzene rings is 2. The van der Waals surface area contributed by atoms with E-state index in [1.807, 2.05) is 54.6 Å². The number of primary amides is 2. The molecule has 130 heavy (non-hydrogen) atoms. The molecule has 720 valence electrons. The van der Waals surface area contributed by atoms with Crippen molar-refractivity contribution in [3.05, 3.63) is 71.9 Å².